The van der Waals surface area contributed by atoms with Crippen LogP contribution in [0.4, 0.5) is 13.2 Å². The zero-order chi connectivity index (χ0) is 12.6. The Morgan fingerprint density at radius 3 is 2.00 bits per heavy atom. The minimum absolute atomic E-state index is 0.215. The topological polar surface area (TPSA) is 49.6 Å². The molecule has 0 aromatic rings. The summed E-state index contributed by atoms with van der Waals surface area (Å²) in [4.78, 5) is 14.1. The van der Waals surface area contributed by atoms with Gasteiger partial charge in [0.05, 0.1) is 13.1 Å². The van der Waals surface area contributed by atoms with Crippen LogP contribution in [0.15, 0.2) is 0 Å². The lowest BCUT2D eigenvalue weighted by molar-refractivity contribution is -0.144. The van der Waals surface area contributed by atoms with Gasteiger partial charge in [0.25, 0.3) is 0 Å². The number of likely N-dealkylation sites (tertiary alicyclic amines) is 2. The molecule has 2 aliphatic rings. The predicted molar refractivity (Wildman–Crippen MR) is 55.1 cm³/mol. The maximum Gasteiger partial charge on any atom is 0.401 e. The van der Waals surface area contributed by atoms with Crippen molar-refractivity contribution in [3.05, 3.63) is 0 Å². The zero-order valence-corrected chi connectivity index (χ0v) is 9.41. The van der Waals surface area contributed by atoms with Crippen molar-refractivity contribution in [2.24, 2.45) is 17.6 Å². The van der Waals surface area contributed by atoms with Gasteiger partial charge in [0.1, 0.15) is 0 Å². The van der Waals surface area contributed by atoms with Gasteiger partial charge in [0.15, 0.2) is 0 Å². The first-order valence-corrected chi connectivity index (χ1v) is 5.63. The number of carbonyl (C=O) groups is 1. The second kappa shape index (κ2) is 4.45. The maximum absolute atomic E-state index is 12.2. The number of hydrogen-bond acceptors (Lipinski definition) is 3. The van der Waals surface area contributed by atoms with E-state index in [0.29, 0.717) is 26.2 Å². The number of amides is 1. The molecule has 2 saturated heterocycles. The molecule has 17 heavy (non-hydrogen) atoms. The van der Waals surface area contributed by atoms with Crippen LogP contribution in [0.5, 0.6) is 0 Å². The Bertz CT molecular complexity index is 294. The normalized spacial score (nSPS) is 30.8. The van der Waals surface area contributed by atoms with E-state index in [4.69, 9.17) is 5.73 Å². The molecule has 0 aliphatic carbocycles. The molecule has 2 heterocycles. The quantitative estimate of drug-likeness (QED) is 0.762. The molecule has 0 saturated carbocycles. The Morgan fingerprint density at radius 2 is 1.59 bits per heavy atom. The SMILES string of the molecule is NC(=O)CN1CC2CN(CC(F)(F)F)CC2C1. The van der Waals surface area contributed by atoms with E-state index in [0.717, 1.165) is 0 Å². The third-order valence-corrected chi connectivity index (χ3v) is 3.42. The van der Waals surface area contributed by atoms with Crippen LogP contribution in [0.2, 0.25) is 0 Å². The first-order valence-electron chi connectivity index (χ1n) is 5.63. The van der Waals surface area contributed by atoms with Crippen molar-refractivity contribution >= 4 is 5.91 Å². The van der Waals surface area contributed by atoms with E-state index in [9.17, 15) is 18.0 Å². The summed E-state index contributed by atoms with van der Waals surface area (Å²) in [6.45, 7) is 1.70. The van der Waals surface area contributed by atoms with Gasteiger partial charge in [-0.3, -0.25) is 14.6 Å². The van der Waals surface area contributed by atoms with E-state index in [2.05, 4.69) is 0 Å². The summed E-state index contributed by atoms with van der Waals surface area (Å²) in [5, 5.41) is 0. The number of nitrogens with zero attached hydrogens (tertiary/aromatic N) is 2. The second-order valence-electron chi connectivity index (χ2n) is 4.99. The van der Waals surface area contributed by atoms with Gasteiger partial charge < -0.3 is 5.73 Å². The fraction of sp³-hybridized carbons (Fsp3) is 0.900. The summed E-state index contributed by atoms with van der Waals surface area (Å²) < 4.78 is 36.7. The molecule has 0 radical (unpaired) electrons. The fourth-order valence-corrected chi connectivity index (χ4v) is 2.92. The number of carbonyl (C=O) groups excluding carboxylic acids is 1. The highest BCUT2D eigenvalue weighted by Crippen LogP contribution is 2.32. The predicted octanol–water partition coefficient (Wildman–Crippen LogP) is -0.102. The van der Waals surface area contributed by atoms with Gasteiger partial charge in [-0.15, -0.1) is 0 Å². The van der Waals surface area contributed by atoms with Gasteiger partial charge in [0.2, 0.25) is 5.91 Å². The average Bonchev–Trinajstić information content (AvgIpc) is 2.56. The molecular weight excluding hydrogens is 235 g/mol. The summed E-state index contributed by atoms with van der Waals surface area (Å²) in [7, 11) is 0. The molecule has 2 N–H and O–H groups in total. The van der Waals surface area contributed by atoms with E-state index in [1.807, 2.05) is 4.90 Å². The third kappa shape index (κ3) is 3.32. The van der Waals surface area contributed by atoms with E-state index in [-0.39, 0.29) is 24.3 Å². The minimum Gasteiger partial charge on any atom is -0.369 e. The molecular formula is C10H16F3N3O. The third-order valence-electron chi connectivity index (χ3n) is 3.42. The van der Waals surface area contributed by atoms with Crippen molar-refractivity contribution in [3.63, 3.8) is 0 Å². The number of halogens is 3. The van der Waals surface area contributed by atoms with E-state index in [1.54, 1.807) is 0 Å². The lowest BCUT2D eigenvalue weighted by Crippen LogP contribution is -2.37. The van der Waals surface area contributed by atoms with E-state index in [1.165, 1.54) is 4.90 Å². The second-order valence-corrected chi connectivity index (χ2v) is 4.99. The monoisotopic (exact) mass is 251 g/mol. The molecule has 2 rings (SSSR count). The number of alkyl halides is 3. The minimum atomic E-state index is -4.12. The van der Waals surface area contributed by atoms with Crippen LogP contribution in [0, 0.1) is 11.8 Å². The average molecular weight is 251 g/mol. The highest BCUT2D eigenvalue weighted by molar-refractivity contribution is 5.75. The summed E-state index contributed by atoms with van der Waals surface area (Å²) in [6, 6.07) is 0. The van der Waals surface area contributed by atoms with Gasteiger partial charge in [0, 0.05) is 26.2 Å². The number of hydrogen-bond donors (Lipinski definition) is 1. The molecule has 2 fully saturated rings. The molecule has 0 spiro atoms. The smallest absolute Gasteiger partial charge is 0.369 e. The Labute approximate surface area is 97.5 Å². The van der Waals surface area contributed by atoms with Gasteiger partial charge in [-0.2, -0.15) is 13.2 Å². The molecule has 2 unspecified atom stereocenters. The molecule has 0 bridgehead atoms. The molecule has 0 aromatic heterocycles. The van der Waals surface area contributed by atoms with Crippen molar-refractivity contribution in [1.29, 1.82) is 0 Å². The molecule has 1 amide bonds. The molecule has 2 aliphatic heterocycles. The first kappa shape index (κ1) is 12.6. The standard InChI is InChI=1S/C10H16F3N3O/c11-10(12,13)6-16-3-7-1-15(5-9(14)17)2-8(7)4-16/h7-8H,1-6H2,(H2,14,17). The number of rotatable bonds is 3. The Hall–Kier alpha value is -0.820. The Balaban J connectivity index is 1.81. The van der Waals surface area contributed by atoms with Crippen LogP contribution in [-0.2, 0) is 4.79 Å². The molecule has 2 atom stereocenters. The molecule has 0 aromatic carbocycles. The molecule has 98 valence electrons. The lowest BCUT2D eigenvalue weighted by Gasteiger charge is -2.21. The number of fused-ring (bicyclic) bond motifs is 1. The lowest BCUT2D eigenvalue weighted by atomic mass is 10.0. The summed E-state index contributed by atoms with van der Waals surface area (Å²) >= 11 is 0. The van der Waals surface area contributed by atoms with Crippen LogP contribution in [0.1, 0.15) is 0 Å². The van der Waals surface area contributed by atoms with Gasteiger partial charge in [-0.05, 0) is 11.8 Å². The van der Waals surface area contributed by atoms with Crippen molar-refractivity contribution in [2.45, 2.75) is 6.18 Å². The molecule has 4 nitrogen and oxygen atoms in total. The summed E-state index contributed by atoms with van der Waals surface area (Å²) in [5.41, 5.74) is 5.09. The number of nitrogens with two attached hydrogens (primary N) is 1. The van der Waals surface area contributed by atoms with Crippen molar-refractivity contribution in [1.82, 2.24) is 9.80 Å². The fourth-order valence-electron chi connectivity index (χ4n) is 2.92. The highest BCUT2D eigenvalue weighted by atomic mass is 19.4. The van der Waals surface area contributed by atoms with Gasteiger partial charge >= 0.3 is 6.18 Å². The van der Waals surface area contributed by atoms with Crippen LogP contribution >= 0.6 is 0 Å². The molecule has 7 heteroatoms. The highest BCUT2D eigenvalue weighted by Gasteiger charge is 2.43. The largest absolute Gasteiger partial charge is 0.401 e. The van der Waals surface area contributed by atoms with Crippen LogP contribution < -0.4 is 5.73 Å². The Kier molecular flexibility index (Phi) is 3.31. The van der Waals surface area contributed by atoms with Crippen molar-refractivity contribution < 1.29 is 18.0 Å². The Morgan fingerprint density at radius 1 is 1.12 bits per heavy atom. The zero-order valence-electron chi connectivity index (χ0n) is 9.41. The van der Waals surface area contributed by atoms with Gasteiger partial charge in [-0.25, -0.2) is 0 Å². The van der Waals surface area contributed by atoms with Crippen molar-refractivity contribution in [3.8, 4) is 0 Å². The van der Waals surface area contributed by atoms with Crippen LogP contribution in [-0.4, -0.2) is 61.2 Å². The van der Waals surface area contributed by atoms with Crippen LogP contribution in [0.25, 0.3) is 0 Å². The van der Waals surface area contributed by atoms with Gasteiger partial charge in [-0.1, -0.05) is 0 Å². The van der Waals surface area contributed by atoms with Crippen molar-refractivity contribution in [2.75, 3.05) is 39.3 Å². The summed E-state index contributed by atoms with van der Waals surface area (Å²) in [5.74, 6) is 0.116. The summed E-state index contributed by atoms with van der Waals surface area (Å²) in [6.07, 6.45) is -4.12. The first-order chi connectivity index (χ1) is 7.83. The maximum atomic E-state index is 12.2. The van der Waals surface area contributed by atoms with E-state index >= 15 is 0 Å². The number of primary amides is 1. The van der Waals surface area contributed by atoms with E-state index < -0.39 is 12.7 Å². The van der Waals surface area contributed by atoms with Crippen LogP contribution in [0.3, 0.4) is 0 Å².